The fraction of sp³-hybridized carbons (Fsp3) is 0.467. The molecule has 1 spiro atoms. The molecule has 4 rings (SSSR count). The quantitative estimate of drug-likeness (QED) is 0.843. The number of hydrogen-bond acceptors (Lipinski definition) is 6. The maximum Gasteiger partial charge on any atom is 0.241 e. The first kappa shape index (κ1) is 14.2. The van der Waals surface area contributed by atoms with E-state index in [1.54, 1.807) is 22.7 Å². The Morgan fingerprint density at radius 2 is 2.23 bits per heavy atom. The Kier molecular flexibility index (Phi) is 3.43. The van der Waals surface area contributed by atoms with Crippen molar-refractivity contribution in [3.63, 3.8) is 0 Å². The van der Waals surface area contributed by atoms with Crippen molar-refractivity contribution in [2.45, 2.75) is 12.0 Å². The normalized spacial score (nSPS) is 26.3. The van der Waals surface area contributed by atoms with Gasteiger partial charge < -0.3 is 9.80 Å². The lowest BCUT2D eigenvalue weighted by atomic mass is 9.93. The van der Waals surface area contributed by atoms with Gasteiger partial charge in [0.05, 0.1) is 17.8 Å². The minimum Gasteiger partial charge on any atom is -0.346 e. The van der Waals surface area contributed by atoms with Crippen molar-refractivity contribution in [3.05, 3.63) is 28.4 Å². The molecule has 7 heteroatoms. The molecule has 2 fully saturated rings. The highest BCUT2D eigenvalue weighted by molar-refractivity contribution is 7.13. The van der Waals surface area contributed by atoms with E-state index in [0.717, 1.165) is 36.9 Å². The third-order valence-electron chi connectivity index (χ3n) is 4.78. The Morgan fingerprint density at radius 1 is 1.32 bits per heavy atom. The zero-order valence-corrected chi connectivity index (χ0v) is 14.1. The molecule has 22 heavy (non-hydrogen) atoms. The summed E-state index contributed by atoms with van der Waals surface area (Å²) in [6.07, 6.45) is 2.92. The molecular weight excluding hydrogens is 316 g/mol. The number of hydrogen-bond donors (Lipinski definition) is 0. The number of thiophene rings is 1. The van der Waals surface area contributed by atoms with E-state index in [1.807, 2.05) is 27.9 Å². The monoisotopic (exact) mass is 334 g/mol. The fourth-order valence-electron chi connectivity index (χ4n) is 3.44. The molecule has 0 unspecified atom stereocenters. The van der Waals surface area contributed by atoms with Crippen molar-refractivity contribution in [2.75, 3.05) is 43.0 Å². The number of aromatic nitrogens is 1. The van der Waals surface area contributed by atoms with Crippen LogP contribution in [0.5, 0.6) is 0 Å². The SMILES string of the molecule is CN1CC(=O)N(c2ccsc2)C[C@]12CCN(c1nccs1)C2. The van der Waals surface area contributed by atoms with Gasteiger partial charge in [-0.05, 0) is 24.9 Å². The number of anilines is 2. The number of rotatable bonds is 2. The van der Waals surface area contributed by atoms with Crippen LogP contribution < -0.4 is 9.80 Å². The number of nitrogens with zero attached hydrogens (tertiary/aromatic N) is 4. The molecular formula is C15H18N4OS2. The summed E-state index contributed by atoms with van der Waals surface area (Å²) in [5.41, 5.74) is 1.07. The molecule has 0 N–H and O–H groups in total. The molecule has 2 aromatic rings. The first-order valence-electron chi connectivity index (χ1n) is 7.36. The summed E-state index contributed by atoms with van der Waals surface area (Å²) in [5.74, 6) is 0.194. The Balaban J connectivity index is 1.59. The highest BCUT2D eigenvalue weighted by Crippen LogP contribution is 2.36. The van der Waals surface area contributed by atoms with Gasteiger partial charge in [0.25, 0.3) is 0 Å². The molecule has 0 saturated carbocycles. The van der Waals surface area contributed by atoms with Gasteiger partial charge in [0.1, 0.15) is 0 Å². The predicted octanol–water partition coefficient (Wildman–Crippen LogP) is 2.13. The summed E-state index contributed by atoms with van der Waals surface area (Å²) < 4.78 is 0. The van der Waals surface area contributed by atoms with Crippen molar-refractivity contribution in [1.29, 1.82) is 0 Å². The van der Waals surface area contributed by atoms with E-state index < -0.39 is 0 Å². The second-order valence-corrected chi connectivity index (χ2v) is 7.68. The summed E-state index contributed by atoms with van der Waals surface area (Å²) in [6.45, 7) is 3.19. The van der Waals surface area contributed by atoms with Crippen LogP contribution in [0.25, 0.3) is 0 Å². The zero-order chi connectivity index (χ0) is 15.2. The van der Waals surface area contributed by atoms with E-state index in [9.17, 15) is 4.79 Å². The van der Waals surface area contributed by atoms with Gasteiger partial charge in [-0.1, -0.05) is 0 Å². The molecule has 4 heterocycles. The van der Waals surface area contributed by atoms with E-state index in [4.69, 9.17) is 0 Å². The number of carbonyl (C=O) groups is 1. The Bertz CT molecular complexity index is 657. The second-order valence-electron chi connectivity index (χ2n) is 6.03. The zero-order valence-electron chi connectivity index (χ0n) is 12.4. The number of amides is 1. The van der Waals surface area contributed by atoms with Crippen molar-refractivity contribution in [2.24, 2.45) is 0 Å². The highest BCUT2D eigenvalue weighted by Gasteiger charge is 2.48. The number of thiazole rings is 1. The van der Waals surface area contributed by atoms with Crippen LogP contribution >= 0.6 is 22.7 Å². The van der Waals surface area contributed by atoms with Gasteiger partial charge in [0.2, 0.25) is 5.91 Å². The minimum absolute atomic E-state index is 0.0293. The van der Waals surface area contributed by atoms with Crippen LogP contribution in [0.2, 0.25) is 0 Å². The summed E-state index contributed by atoms with van der Waals surface area (Å²) in [7, 11) is 2.08. The molecule has 2 aliphatic rings. The molecule has 0 aliphatic carbocycles. The van der Waals surface area contributed by atoms with Gasteiger partial charge in [-0.2, -0.15) is 11.3 Å². The van der Waals surface area contributed by atoms with E-state index >= 15 is 0 Å². The number of piperazine rings is 1. The largest absolute Gasteiger partial charge is 0.346 e. The van der Waals surface area contributed by atoms with Crippen LogP contribution in [0, 0.1) is 0 Å². The summed E-state index contributed by atoms with van der Waals surface area (Å²) in [6, 6.07) is 2.04. The average molecular weight is 334 g/mol. The molecule has 1 atom stereocenters. The summed E-state index contributed by atoms with van der Waals surface area (Å²) in [5, 5.41) is 7.20. The van der Waals surface area contributed by atoms with Gasteiger partial charge in [-0.25, -0.2) is 4.98 Å². The van der Waals surface area contributed by atoms with Crippen LogP contribution in [0.1, 0.15) is 6.42 Å². The maximum atomic E-state index is 12.4. The standard InChI is InChI=1S/C15H18N4OS2/c1-17-8-13(20)19(12-2-6-21-9-12)11-15(17)3-5-18(10-15)14-16-4-7-22-14/h2,4,6-7,9H,3,5,8,10-11H2,1H3/t15-/m1/s1. The molecule has 2 aromatic heterocycles. The highest BCUT2D eigenvalue weighted by atomic mass is 32.1. The molecule has 2 aliphatic heterocycles. The van der Waals surface area contributed by atoms with Gasteiger partial charge >= 0.3 is 0 Å². The molecule has 0 radical (unpaired) electrons. The first-order chi connectivity index (χ1) is 10.7. The minimum atomic E-state index is 0.0293. The van der Waals surface area contributed by atoms with E-state index in [1.165, 1.54) is 0 Å². The molecule has 0 bridgehead atoms. The van der Waals surface area contributed by atoms with Crippen LogP contribution in [0.15, 0.2) is 28.4 Å². The van der Waals surface area contributed by atoms with Crippen molar-refractivity contribution >= 4 is 39.4 Å². The smallest absolute Gasteiger partial charge is 0.241 e. The van der Waals surface area contributed by atoms with Crippen LogP contribution in [-0.2, 0) is 4.79 Å². The van der Waals surface area contributed by atoms with Crippen molar-refractivity contribution < 1.29 is 4.79 Å². The van der Waals surface area contributed by atoms with Crippen LogP contribution in [-0.4, -0.2) is 54.6 Å². The Labute approximate surface area is 137 Å². The van der Waals surface area contributed by atoms with Gasteiger partial charge in [0, 0.05) is 36.6 Å². The van der Waals surface area contributed by atoms with Crippen molar-refractivity contribution in [1.82, 2.24) is 9.88 Å². The van der Waals surface area contributed by atoms with Crippen molar-refractivity contribution in [3.8, 4) is 0 Å². The molecule has 2 saturated heterocycles. The predicted molar refractivity (Wildman–Crippen MR) is 91.0 cm³/mol. The first-order valence-corrected chi connectivity index (χ1v) is 9.18. The van der Waals surface area contributed by atoms with Gasteiger partial charge in [0.15, 0.2) is 5.13 Å². The summed E-state index contributed by atoms with van der Waals surface area (Å²) in [4.78, 5) is 23.4. The Hall–Kier alpha value is -1.44. The lowest BCUT2D eigenvalue weighted by Crippen LogP contribution is -2.64. The number of likely N-dealkylation sites (N-methyl/N-ethyl adjacent to an activating group) is 1. The van der Waals surface area contributed by atoms with Crippen LogP contribution in [0.3, 0.4) is 0 Å². The Morgan fingerprint density at radius 3 is 2.95 bits per heavy atom. The lowest BCUT2D eigenvalue weighted by molar-refractivity contribution is -0.123. The maximum absolute atomic E-state index is 12.4. The average Bonchev–Trinajstić information content (AvgIpc) is 3.23. The topological polar surface area (TPSA) is 39.7 Å². The molecule has 116 valence electrons. The third kappa shape index (κ3) is 2.24. The summed E-state index contributed by atoms with van der Waals surface area (Å²) >= 11 is 3.32. The van der Waals surface area contributed by atoms with E-state index in [0.29, 0.717) is 6.54 Å². The number of carbonyl (C=O) groups excluding carboxylic acids is 1. The van der Waals surface area contributed by atoms with E-state index in [-0.39, 0.29) is 11.4 Å². The van der Waals surface area contributed by atoms with E-state index in [2.05, 4.69) is 27.2 Å². The van der Waals surface area contributed by atoms with Gasteiger partial charge in [-0.3, -0.25) is 9.69 Å². The van der Waals surface area contributed by atoms with Gasteiger partial charge in [-0.15, -0.1) is 11.3 Å². The molecule has 0 aromatic carbocycles. The van der Waals surface area contributed by atoms with Crippen LogP contribution in [0.4, 0.5) is 10.8 Å². The second kappa shape index (κ2) is 5.33. The lowest BCUT2D eigenvalue weighted by Gasteiger charge is -2.46. The molecule has 1 amide bonds. The third-order valence-corrected chi connectivity index (χ3v) is 6.28. The fourth-order valence-corrected chi connectivity index (χ4v) is 4.75. The molecule has 5 nitrogen and oxygen atoms in total.